The minimum absolute atomic E-state index is 0.00700. The van der Waals surface area contributed by atoms with Crippen LogP contribution < -0.4 is 11.1 Å². The Morgan fingerprint density at radius 2 is 2.28 bits per heavy atom. The van der Waals surface area contributed by atoms with E-state index < -0.39 is 5.97 Å². The summed E-state index contributed by atoms with van der Waals surface area (Å²) in [6.45, 7) is 0. The number of amides is 1. The number of aliphatic carboxylic acids is 1. The summed E-state index contributed by atoms with van der Waals surface area (Å²) in [5, 5.41) is 11.7. The second-order valence-corrected chi connectivity index (χ2v) is 4.71. The van der Waals surface area contributed by atoms with Gasteiger partial charge in [-0.15, -0.1) is 0 Å². The lowest BCUT2D eigenvalue weighted by Crippen LogP contribution is -2.12. The smallest absolute Gasteiger partial charge is 0.303 e. The van der Waals surface area contributed by atoms with Gasteiger partial charge in [0.15, 0.2) is 0 Å². The fourth-order valence-corrected chi connectivity index (χ4v) is 2.28. The van der Waals surface area contributed by atoms with E-state index in [0.29, 0.717) is 17.1 Å². The summed E-state index contributed by atoms with van der Waals surface area (Å²) >= 11 is 6.06. The maximum Gasteiger partial charge on any atom is 0.303 e. The lowest BCUT2D eigenvalue weighted by Gasteiger charge is -2.13. The predicted octanol–water partition coefficient (Wildman–Crippen LogP) is 1.70. The summed E-state index contributed by atoms with van der Waals surface area (Å²) < 4.78 is 0. The van der Waals surface area contributed by atoms with E-state index in [1.165, 1.54) is 0 Å². The molecule has 1 aliphatic heterocycles. The van der Waals surface area contributed by atoms with E-state index in [-0.39, 0.29) is 24.8 Å². The van der Waals surface area contributed by atoms with E-state index in [1.807, 2.05) is 6.07 Å². The SMILES string of the molecule is NC(CCC(=O)O)c1cc(Cl)c2c(c1)CC(=O)N2. The zero-order valence-electron chi connectivity index (χ0n) is 9.57. The number of carboxylic acids is 1. The third kappa shape index (κ3) is 2.63. The highest BCUT2D eigenvalue weighted by molar-refractivity contribution is 6.34. The van der Waals surface area contributed by atoms with E-state index in [9.17, 15) is 9.59 Å². The van der Waals surface area contributed by atoms with Crippen LogP contribution in [-0.2, 0) is 16.0 Å². The number of carboxylic acid groups (broad SMARTS) is 1. The lowest BCUT2D eigenvalue weighted by molar-refractivity contribution is -0.137. The Labute approximate surface area is 109 Å². The Morgan fingerprint density at radius 1 is 1.56 bits per heavy atom. The van der Waals surface area contributed by atoms with Crippen molar-refractivity contribution in [1.29, 1.82) is 0 Å². The molecule has 0 aliphatic carbocycles. The number of rotatable bonds is 4. The number of nitrogens with one attached hydrogen (secondary N) is 1. The van der Waals surface area contributed by atoms with Crippen LogP contribution in [0.4, 0.5) is 5.69 Å². The molecule has 1 aliphatic rings. The van der Waals surface area contributed by atoms with Gasteiger partial charge in [0, 0.05) is 12.5 Å². The van der Waals surface area contributed by atoms with Gasteiger partial charge in [-0.25, -0.2) is 0 Å². The van der Waals surface area contributed by atoms with Crippen molar-refractivity contribution in [3.63, 3.8) is 0 Å². The number of carbonyl (C=O) groups excluding carboxylic acids is 1. The fourth-order valence-electron chi connectivity index (χ4n) is 1.98. The van der Waals surface area contributed by atoms with Crippen molar-refractivity contribution in [3.05, 3.63) is 28.3 Å². The third-order valence-corrected chi connectivity index (χ3v) is 3.21. The molecule has 1 unspecified atom stereocenters. The van der Waals surface area contributed by atoms with E-state index in [4.69, 9.17) is 22.4 Å². The molecule has 6 heteroatoms. The Morgan fingerprint density at radius 3 is 2.94 bits per heavy atom. The van der Waals surface area contributed by atoms with Crippen LogP contribution >= 0.6 is 11.6 Å². The van der Waals surface area contributed by atoms with Crippen LogP contribution in [0, 0.1) is 0 Å². The van der Waals surface area contributed by atoms with Crippen molar-refractivity contribution in [1.82, 2.24) is 0 Å². The summed E-state index contributed by atoms with van der Waals surface area (Å²) in [6.07, 6.45) is 0.632. The van der Waals surface area contributed by atoms with Gasteiger partial charge >= 0.3 is 5.97 Å². The molecule has 0 saturated heterocycles. The van der Waals surface area contributed by atoms with E-state index >= 15 is 0 Å². The second-order valence-electron chi connectivity index (χ2n) is 4.30. The van der Waals surface area contributed by atoms with Gasteiger partial charge in [-0.1, -0.05) is 17.7 Å². The molecule has 0 radical (unpaired) electrons. The van der Waals surface area contributed by atoms with Crippen LogP contribution in [0.3, 0.4) is 0 Å². The van der Waals surface area contributed by atoms with Gasteiger partial charge in [0.25, 0.3) is 0 Å². The highest BCUT2D eigenvalue weighted by Gasteiger charge is 2.22. The zero-order chi connectivity index (χ0) is 13.3. The molecular formula is C12H13ClN2O3. The van der Waals surface area contributed by atoms with Gasteiger partial charge in [-0.05, 0) is 23.6 Å². The summed E-state index contributed by atoms with van der Waals surface area (Å²) in [5.41, 5.74) is 8.12. The summed E-state index contributed by atoms with van der Waals surface area (Å²) in [4.78, 5) is 21.8. The topological polar surface area (TPSA) is 92.4 Å². The van der Waals surface area contributed by atoms with Crippen LogP contribution in [0.5, 0.6) is 0 Å². The Hall–Kier alpha value is -1.59. The Balaban J connectivity index is 2.20. The molecular weight excluding hydrogens is 256 g/mol. The molecule has 1 heterocycles. The number of halogens is 1. The number of nitrogens with two attached hydrogens (primary N) is 1. The zero-order valence-corrected chi connectivity index (χ0v) is 10.3. The summed E-state index contributed by atoms with van der Waals surface area (Å²) in [7, 11) is 0. The largest absolute Gasteiger partial charge is 0.481 e. The monoisotopic (exact) mass is 268 g/mol. The number of benzene rings is 1. The molecule has 4 N–H and O–H groups in total. The van der Waals surface area contributed by atoms with Crippen molar-refractivity contribution in [2.75, 3.05) is 5.32 Å². The molecule has 5 nitrogen and oxygen atoms in total. The second kappa shape index (κ2) is 4.96. The molecule has 18 heavy (non-hydrogen) atoms. The molecule has 1 aromatic carbocycles. The first kappa shape index (κ1) is 12.9. The van der Waals surface area contributed by atoms with Crippen molar-refractivity contribution in [3.8, 4) is 0 Å². The molecule has 2 rings (SSSR count). The number of hydrogen-bond donors (Lipinski definition) is 3. The van der Waals surface area contributed by atoms with Gasteiger partial charge in [0.2, 0.25) is 5.91 Å². The normalized spacial score (nSPS) is 15.1. The average Bonchev–Trinajstić information content (AvgIpc) is 2.67. The third-order valence-electron chi connectivity index (χ3n) is 2.91. The van der Waals surface area contributed by atoms with Crippen LogP contribution in [0.25, 0.3) is 0 Å². The van der Waals surface area contributed by atoms with Crippen molar-refractivity contribution in [2.24, 2.45) is 5.73 Å². The summed E-state index contributed by atoms with van der Waals surface area (Å²) in [6, 6.07) is 3.10. The first-order valence-electron chi connectivity index (χ1n) is 5.57. The van der Waals surface area contributed by atoms with E-state index in [0.717, 1.165) is 11.1 Å². The van der Waals surface area contributed by atoms with Crippen LogP contribution in [0.1, 0.15) is 30.0 Å². The molecule has 1 amide bonds. The van der Waals surface area contributed by atoms with Crippen LogP contribution in [0.15, 0.2) is 12.1 Å². The maximum absolute atomic E-state index is 11.3. The molecule has 0 saturated carbocycles. The minimum Gasteiger partial charge on any atom is -0.481 e. The number of anilines is 1. The molecule has 1 aromatic rings. The van der Waals surface area contributed by atoms with Gasteiger partial charge in [0.05, 0.1) is 17.1 Å². The van der Waals surface area contributed by atoms with Gasteiger partial charge < -0.3 is 16.2 Å². The fraction of sp³-hybridized carbons (Fsp3) is 0.333. The standard InChI is InChI=1S/C12H13ClN2O3/c13-8-4-6(9(14)1-2-11(17)18)3-7-5-10(16)15-12(7)8/h3-4,9H,1-2,5,14H2,(H,15,16)(H,17,18). The highest BCUT2D eigenvalue weighted by Crippen LogP contribution is 2.34. The Kier molecular flexibility index (Phi) is 3.54. The van der Waals surface area contributed by atoms with E-state index in [2.05, 4.69) is 5.32 Å². The van der Waals surface area contributed by atoms with Crippen LogP contribution in [-0.4, -0.2) is 17.0 Å². The Bertz CT molecular complexity index is 516. The predicted molar refractivity (Wildman–Crippen MR) is 67.6 cm³/mol. The molecule has 0 fully saturated rings. The number of fused-ring (bicyclic) bond motifs is 1. The first-order chi connectivity index (χ1) is 8.47. The van der Waals surface area contributed by atoms with Gasteiger partial charge in [-0.3, -0.25) is 9.59 Å². The maximum atomic E-state index is 11.3. The molecule has 0 aromatic heterocycles. The van der Waals surface area contributed by atoms with Crippen molar-refractivity contribution in [2.45, 2.75) is 25.3 Å². The van der Waals surface area contributed by atoms with Crippen molar-refractivity contribution < 1.29 is 14.7 Å². The average molecular weight is 269 g/mol. The number of carbonyl (C=O) groups is 2. The minimum atomic E-state index is -0.880. The highest BCUT2D eigenvalue weighted by atomic mass is 35.5. The molecule has 0 bridgehead atoms. The molecule has 1 atom stereocenters. The van der Waals surface area contributed by atoms with Gasteiger partial charge in [-0.2, -0.15) is 0 Å². The molecule has 96 valence electrons. The molecule has 0 spiro atoms. The number of hydrogen-bond acceptors (Lipinski definition) is 3. The quantitative estimate of drug-likeness (QED) is 0.775. The van der Waals surface area contributed by atoms with Crippen LogP contribution in [0.2, 0.25) is 5.02 Å². The van der Waals surface area contributed by atoms with Crippen molar-refractivity contribution >= 4 is 29.2 Å². The lowest BCUT2D eigenvalue weighted by atomic mass is 9.99. The first-order valence-corrected chi connectivity index (χ1v) is 5.94. The van der Waals surface area contributed by atoms with Gasteiger partial charge in [0.1, 0.15) is 0 Å². The summed E-state index contributed by atoms with van der Waals surface area (Å²) in [5.74, 6) is -0.974. The van der Waals surface area contributed by atoms with E-state index in [1.54, 1.807) is 6.07 Å².